The summed E-state index contributed by atoms with van der Waals surface area (Å²) in [4.78, 5) is 14.7. The van der Waals surface area contributed by atoms with Gasteiger partial charge in [-0.15, -0.1) is 11.3 Å². The molecule has 1 amide bonds. The molecule has 1 saturated heterocycles. The zero-order valence-electron chi connectivity index (χ0n) is 16.3. The number of hydrogen-bond donors (Lipinski definition) is 1. The van der Waals surface area contributed by atoms with Gasteiger partial charge in [-0.3, -0.25) is 9.69 Å². The molecule has 2 aromatic carbocycles. The number of fused-ring (bicyclic) bond motifs is 3. The van der Waals surface area contributed by atoms with Gasteiger partial charge in [0.15, 0.2) is 5.76 Å². The molecule has 0 spiro atoms. The minimum Gasteiger partial charge on any atom is -0.459 e. The van der Waals surface area contributed by atoms with E-state index in [0.29, 0.717) is 18.2 Å². The smallest absolute Gasteiger partial charge is 0.286 e. The van der Waals surface area contributed by atoms with Gasteiger partial charge in [0, 0.05) is 39.8 Å². The van der Waals surface area contributed by atoms with Crippen LogP contribution in [0.4, 0.5) is 0 Å². The van der Waals surface area contributed by atoms with Gasteiger partial charge in [0.1, 0.15) is 0 Å². The van der Waals surface area contributed by atoms with Crippen molar-refractivity contribution in [3.8, 4) is 0 Å². The van der Waals surface area contributed by atoms with Crippen molar-refractivity contribution >= 4 is 37.4 Å². The average Bonchev–Trinajstić information content (AvgIpc) is 3.41. The number of likely N-dealkylation sites (tertiary alicyclic amines) is 1. The Morgan fingerprint density at radius 3 is 2.90 bits per heavy atom. The van der Waals surface area contributed by atoms with Crippen molar-refractivity contribution in [2.75, 3.05) is 19.6 Å². The first kappa shape index (κ1) is 18.4. The molecule has 1 atom stereocenters. The zero-order valence-corrected chi connectivity index (χ0v) is 17.1. The van der Waals surface area contributed by atoms with E-state index in [0.717, 1.165) is 26.1 Å². The Kier molecular flexibility index (Phi) is 5.08. The van der Waals surface area contributed by atoms with E-state index in [4.69, 9.17) is 4.42 Å². The maximum atomic E-state index is 12.1. The lowest BCUT2D eigenvalue weighted by molar-refractivity contribution is 0.0903. The van der Waals surface area contributed by atoms with Crippen molar-refractivity contribution in [2.45, 2.75) is 19.4 Å². The maximum Gasteiger partial charge on any atom is 0.286 e. The molecule has 3 heterocycles. The molecule has 29 heavy (non-hydrogen) atoms. The molecule has 1 N–H and O–H groups in total. The highest BCUT2D eigenvalue weighted by Gasteiger charge is 2.22. The van der Waals surface area contributed by atoms with Crippen LogP contribution >= 0.6 is 11.3 Å². The molecule has 4 nitrogen and oxygen atoms in total. The number of carbonyl (C=O) groups excluding carboxylic acids is 1. The van der Waals surface area contributed by atoms with Crippen molar-refractivity contribution in [2.24, 2.45) is 5.92 Å². The van der Waals surface area contributed by atoms with Crippen molar-refractivity contribution in [1.82, 2.24) is 10.2 Å². The second-order valence-corrected chi connectivity index (χ2v) is 8.87. The molecule has 0 bridgehead atoms. The van der Waals surface area contributed by atoms with Crippen LogP contribution in [0.25, 0.3) is 20.2 Å². The number of benzene rings is 2. The minimum absolute atomic E-state index is 0.123. The van der Waals surface area contributed by atoms with E-state index in [1.807, 2.05) is 11.3 Å². The number of nitrogens with zero attached hydrogens (tertiary/aromatic N) is 1. The summed E-state index contributed by atoms with van der Waals surface area (Å²) in [6.07, 6.45) is 3.86. The van der Waals surface area contributed by atoms with Crippen molar-refractivity contribution < 1.29 is 9.21 Å². The highest BCUT2D eigenvalue weighted by molar-refractivity contribution is 7.26. The second kappa shape index (κ2) is 8.01. The summed E-state index contributed by atoms with van der Waals surface area (Å²) in [6.45, 7) is 3.79. The summed E-state index contributed by atoms with van der Waals surface area (Å²) in [6, 6.07) is 18.8. The van der Waals surface area contributed by atoms with Crippen molar-refractivity contribution in [3.05, 3.63) is 72.2 Å². The number of nitrogens with one attached hydrogen (secondary N) is 1. The van der Waals surface area contributed by atoms with Crippen LogP contribution in [0, 0.1) is 5.92 Å². The molecule has 1 aliphatic rings. The van der Waals surface area contributed by atoms with Crippen LogP contribution in [0.2, 0.25) is 0 Å². The molecular formula is C24H24N2O2S. The van der Waals surface area contributed by atoms with Gasteiger partial charge in [0.25, 0.3) is 5.91 Å². The van der Waals surface area contributed by atoms with E-state index in [1.165, 1.54) is 38.4 Å². The van der Waals surface area contributed by atoms with Crippen molar-refractivity contribution in [3.63, 3.8) is 0 Å². The fraction of sp³-hybridized carbons (Fsp3) is 0.292. The third kappa shape index (κ3) is 3.80. The molecule has 0 radical (unpaired) electrons. The molecule has 1 fully saturated rings. The van der Waals surface area contributed by atoms with E-state index in [-0.39, 0.29) is 5.91 Å². The van der Waals surface area contributed by atoms with Crippen LogP contribution in [0.5, 0.6) is 0 Å². The Hall–Kier alpha value is -2.63. The van der Waals surface area contributed by atoms with Gasteiger partial charge in [0.05, 0.1) is 6.26 Å². The predicted molar refractivity (Wildman–Crippen MR) is 118 cm³/mol. The second-order valence-electron chi connectivity index (χ2n) is 7.82. The molecule has 1 unspecified atom stereocenters. The van der Waals surface area contributed by atoms with Crippen LogP contribution in [0.15, 0.2) is 65.3 Å². The molecule has 0 aliphatic carbocycles. The summed E-state index contributed by atoms with van der Waals surface area (Å²) >= 11 is 1.90. The van der Waals surface area contributed by atoms with Gasteiger partial charge in [-0.05, 0) is 49.1 Å². The van der Waals surface area contributed by atoms with Crippen molar-refractivity contribution in [1.29, 1.82) is 0 Å². The Bertz CT molecular complexity index is 1130. The van der Waals surface area contributed by atoms with Gasteiger partial charge in [-0.2, -0.15) is 0 Å². The summed E-state index contributed by atoms with van der Waals surface area (Å²) < 4.78 is 7.94. The summed E-state index contributed by atoms with van der Waals surface area (Å²) in [5.74, 6) is 0.737. The zero-order chi connectivity index (χ0) is 19.6. The van der Waals surface area contributed by atoms with E-state index in [2.05, 4.69) is 52.7 Å². The molecular weight excluding hydrogens is 380 g/mol. The SMILES string of the molecule is O=C(NCC1CCCN(Cc2cccc3c2sc2ccccc23)C1)c1ccco1. The summed E-state index contributed by atoms with van der Waals surface area (Å²) in [5, 5.41) is 5.75. The minimum atomic E-state index is -0.123. The number of amides is 1. The number of piperidine rings is 1. The van der Waals surface area contributed by atoms with E-state index in [9.17, 15) is 4.79 Å². The van der Waals surface area contributed by atoms with Crippen LogP contribution in [0.1, 0.15) is 29.0 Å². The monoisotopic (exact) mass is 404 g/mol. The third-order valence-corrected chi connectivity index (χ3v) is 7.04. The molecule has 5 heteroatoms. The molecule has 5 rings (SSSR count). The predicted octanol–water partition coefficient (Wildman–Crippen LogP) is 5.29. The van der Waals surface area contributed by atoms with E-state index >= 15 is 0 Å². The standard InChI is InChI=1S/C24H24N2O2S/c27-24(21-10-5-13-28-21)25-14-17-6-4-12-26(15-17)16-18-7-3-9-20-19-8-1-2-11-22(19)29-23(18)20/h1-3,5,7-11,13,17H,4,6,12,14-16H2,(H,25,27). The van der Waals surface area contributed by atoms with Gasteiger partial charge in [-0.25, -0.2) is 0 Å². The first-order valence-corrected chi connectivity index (χ1v) is 11.0. The summed E-state index contributed by atoms with van der Waals surface area (Å²) in [5.41, 5.74) is 1.41. The van der Waals surface area contributed by atoms with Crippen LogP contribution in [-0.2, 0) is 6.54 Å². The molecule has 1 aliphatic heterocycles. The lowest BCUT2D eigenvalue weighted by Gasteiger charge is -2.33. The highest BCUT2D eigenvalue weighted by Crippen LogP contribution is 2.36. The third-order valence-electron chi connectivity index (χ3n) is 5.78. The van der Waals surface area contributed by atoms with Gasteiger partial charge >= 0.3 is 0 Å². The topological polar surface area (TPSA) is 45.5 Å². The molecule has 4 aromatic rings. The Morgan fingerprint density at radius 1 is 1.10 bits per heavy atom. The fourth-order valence-electron chi connectivity index (χ4n) is 4.36. The Morgan fingerprint density at radius 2 is 2.00 bits per heavy atom. The maximum absolute atomic E-state index is 12.1. The number of hydrogen-bond acceptors (Lipinski definition) is 4. The Labute approximate surface area is 174 Å². The van der Waals surface area contributed by atoms with Gasteiger partial charge in [-0.1, -0.05) is 36.4 Å². The Balaban J connectivity index is 1.27. The number of carbonyl (C=O) groups is 1. The molecule has 148 valence electrons. The fourth-order valence-corrected chi connectivity index (χ4v) is 5.57. The first-order valence-electron chi connectivity index (χ1n) is 10.2. The van der Waals surface area contributed by atoms with Gasteiger partial charge < -0.3 is 9.73 Å². The van der Waals surface area contributed by atoms with E-state index < -0.39 is 0 Å². The lowest BCUT2D eigenvalue weighted by Crippen LogP contribution is -2.40. The van der Waals surface area contributed by atoms with Gasteiger partial charge in [0.2, 0.25) is 0 Å². The van der Waals surface area contributed by atoms with Crippen LogP contribution in [0.3, 0.4) is 0 Å². The molecule has 0 saturated carbocycles. The summed E-state index contributed by atoms with van der Waals surface area (Å²) in [7, 11) is 0. The normalized spacial score (nSPS) is 17.7. The average molecular weight is 405 g/mol. The largest absolute Gasteiger partial charge is 0.459 e. The highest BCUT2D eigenvalue weighted by atomic mass is 32.1. The lowest BCUT2D eigenvalue weighted by atomic mass is 9.97. The quantitative estimate of drug-likeness (QED) is 0.492. The number of rotatable bonds is 5. The number of thiophene rings is 1. The first-order chi connectivity index (χ1) is 14.3. The molecule has 2 aromatic heterocycles. The number of furan rings is 1. The van der Waals surface area contributed by atoms with Crippen LogP contribution < -0.4 is 5.32 Å². The van der Waals surface area contributed by atoms with Crippen LogP contribution in [-0.4, -0.2) is 30.4 Å². The van der Waals surface area contributed by atoms with E-state index in [1.54, 1.807) is 12.1 Å².